The number of pyridine rings is 1. The molecular weight excluding hydrogens is 451 g/mol. The summed E-state index contributed by atoms with van der Waals surface area (Å²) in [5.41, 5.74) is 0.622. The predicted molar refractivity (Wildman–Crippen MR) is 121 cm³/mol. The Balaban J connectivity index is 1.53. The third-order valence-corrected chi connectivity index (χ3v) is 6.77. The normalized spacial score (nSPS) is 17.5. The number of carbonyl (C=O) groups excluding carboxylic acids is 3. The highest BCUT2D eigenvalue weighted by molar-refractivity contribution is 6.42. The molecular formula is C23H24Cl2N4O3. The number of halogens is 2. The average Bonchev–Trinajstić information content (AvgIpc) is 3.00. The zero-order valence-electron chi connectivity index (χ0n) is 17.5. The van der Waals surface area contributed by atoms with E-state index in [1.807, 2.05) is 12.1 Å². The van der Waals surface area contributed by atoms with Crippen LogP contribution in [0.25, 0.3) is 0 Å². The number of nitrogens with zero attached hydrogens (tertiary/aromatic N) is 3. The van der Waals surface area contributed by atoms with E-state index in [1.54, 1.807) is 35.4 Å². The number of rotatable bonds is 6. The molecule has 2 fully saturated rings. The van der Waals surface area contributed by atoms with E-state index >= 15 is 0 Å². The molecule has 0 radical (unpaired) electrons. The molecule has 32 heavy (non-hydrogen) atoms. The van der Waals surface area contributed by atoms with Gasteiger partial charge in [-0.2, -0.15) is 0 Å². The van der Waals surface area contributed by atoms with Crippen molar-refractivity contribution in [3.63, 3.8) is 0 Å². The van der Waals surface area contributed by atoms with Gasteiger partial charge in [-0.05, 0) is 42.7 Å². The second-order valence-corrected chi connectivity index (χ2v) is 9.10. The number of aromatic nitrogens is 1. The van der Waals surface area contributed by atoms with Crippen LogP contribution >= 0.6 is 23.2 Å². The summed E-state index contributed by atoms with van der Waals surface area (Å²) in [6.45, 7) is 0.149. The fourth-order valence-electron chi connectivity index (χ4n) is 4.33. The van der Waals surface area contributed by atoms with E-state index in [1.165, 1.54) is 0 Å². The average molecular weight is 475 g/mol. The Morgan fingerprint density at radius 3 is 2.53 bits per heavy atom. The third-order valence-electron chi connectivity index (χ3n) is 6.04. The molecule has 0 bridgehead atoms. The molecule has 1 aromatic carbocycles. The number of hydrogen-bond donors (Lipinski definition) is 1. The van der Waals surface area contributed by atoms with Gasteiger partial charge >= 0.3 is 6.03 Å². The van der Waals surface area contributed by atoms with Crippen LogP contribution in [0.3, 0.4) is 0 Å². The van der Waals surface area contributed by atoms with Crippen molar-refractivity contribution in [2.24, 2.45) is 0 Å². The first-order valence-corrected chi connectivity index (χ1v) is 11.4. The van der Waals surface area contributed by atoms with E-state index in [0.717, 1.165) is 29.7 Å². The monoisotopic (exact) mass is 474 g/mol. The number of nitrogens with one attached hydrogen (secondary N) is 1. The van der Waals surface area contributed by atoms with E-state index in [2.05, 4.69) is 10.3 Å². The molecule has 1 N–H and O–H groups in total. The first-order chi connectivity index (χ1) is 15.4. The SMILES string of the molecule is O=C(CN1C(=O)NC2(CCCCC2)C1=O)N(Cc1ccc(Cl)c(Cl)c1)Cc1ccccn1. The zero-order valence-corrected chi connectivity index (χ0v) is 19.0. The summed E-state index contributed by atoms with van der Waals surface area (Å²) < 4.78 is 0. The first-order valence-electron chi connectivity index (χ1n) is 10.6. The minimum Gasteiger partial charge on any atom is -0.331 e. The smallest absolute Gasteiger partial charge is 0.325 e. The van der Waals surface area contributed by atoms with Crippen LogP contribution in [0.15, 0.2) is 42.6 Å². The summed E-state index contributed by atoms with van der Waals surface area (Å²) in [4.78, 5) is 45.9. The lowest BCUT2D eigenvalue weighted by atomic mass is 9.82. The Morgan fingerprint density at radius 1 is 1.06 bits per heavy atom. The van der Waals surface area contributed by atoms with Gasteiger partial charge in [-0.3, -0.25) is 19.5 Å². The number of urea groups is 1. The maximum Gasteiger partial charge on any atom is 0.325 e. The molecule has 2 aromatic rings. The van der Waals surface area contributed by atoms with Gasteiger partial charge in [-0.15, -0.1) is 0 Å². The van der Waals surface area contributed by atoms with E-state index in [0.29, 0.717) is 28.6 Å². The minimum absolute atomic E-state index is 0.231. The molecule has 1 aromatic heterocycles. The van der Waals surface area contributed by atoms with Crippen LogP contribution in [-0.2, 0) is 22.7 Å². The van der Waals surface area contributed by atoms with Crippen LogP contribution in [0.2, 0.25) is 10.0 Å². The van der Waals surface area contributed by atoms with E-state index in [-0.39, 0.29) is 31.4 Å². The second-order valence-electron chi connectivity index (χ2n) is 8.28. The van der Waals surface area contributed by atoms with Crippen molar-refractivity contribution in [3.8, 4) is 0 Å². The van der Waals surface area contributed by atoms with Crippen LogP contribution in [0, 0.1) is 0 Å². The molecule has 4 rings (SSSR count). The minimum atomic E-state index is -0.856. The van der Waals surface area contributed by atoms with Gasteiger partial charge in [0.2, 0.25) is 5.91 Å². The Hall–Kier alpha value is -2.64. The molecule has 168 valence electrons. The fraction of sp³-hybridized carbons (Fsp3) is 0.391. The lowest BCUT2D eigenvalue weighted by Crippen LogP contribution is -2.49. The van der Waals surface area contributed by atoms with E-state index in [4.69, 9.17) is 23.2 Å². The molecule has 0 unspecified atom stereocenters. The maximum absolute atomic E-state index is 13.3. The van der Waals surface area contributed by atoms with Gasteiger partial charge in [0.15, 0.2) is 0 Å². The summed E-state index contributed by atoms with van der Waals surface area (Å²) in [6.07, 6.45) is 5.70. The lowest BCUT2D eigenvalue weighted by molar-refractivity contribution is -0.140. The second kappa shape index (κ2) is 9.46. The van der Waals surface area contributed by atoms with Gasteiger partial charge in [-0.1, -0.05) is 54.6 Å². The number of amides is 4. The van der Waals surface area contributed by atoms with Crippen molar-refractivity contribution in [2.75, 3.05) is 6.54 Å². The van der Waals surface area contributed by atoms with Crippen LogP contribution in [0.5, 0.6) is 0 Å². The maximum atomic E-state index is 13.3. The van der Waals surface area contributed by atoms with Gasteiger partial charge < -0.3 is 10.2 Å². The van der Waals surface area contributed by atoms with Crippen molar-refractivity contribution in [1.82, 2.24) is 20.1 Å². The van der Waals surface area contributed by atoms with Crippen molar-refractivity contribution in [1.29, 1.82) is 0 Å². The standard InChI is InChI=1S/C23H24Cl2N4O3/c24-18-8-7-16(12-19(18)25)13-28(14-17-6-2-5-11-26-17)20(30)15-29-21(31)23(27-22(29)32)9-3-1-4-10-23/h2,5-8,11-12H,1,3-4,9-10,13-15H2,(H,27,32). The quantitative estimate of drug-likeness (QED) is 0.636. The number of hydrogen-bond acceptors (Lipinski definition) is 4. The van der Waals surface area contributed by atoms with Crippen LogP contribution in [0.4, 0.5) is 4.79 Å². The summed E-state index contributed by atoms with van der Waals surface area (Å²) in [7, 11) is 0. The molecule has 1 aliphatic heterocycles. The van der Waals surface area contributed by atoms with Crippen LogP contribution in [0.1, 0.15) is 43.4 Å². The van der Waals surface area contributed by atoms with Crippen molar-refractivity contribution < 1.29 is 14.4 Å². The molecule has 1 spiro atoms. The molecule has 1 saturated carbocycles. The molecule has 1 aliphatic carbocycles. The van der Waals surface area contributed by atoms with Crippen LogP contribution in [-0.4, -0.2) is 44.7 Å². The van der Waals surface area contributed by atoms with Gasteiger partial charge in [0.05, 0.1) is 22.3 Å². The molecule has 7 nitrogen and oxygen atoms in total. The highest BCUT2D eigenvalue weighted by Gasteiger charge is 2.51. The molecule has 2 heterocycles. The molecule has 4 amide bonds. The topological polar surface area (TPSA) is 82.6 Å². The summed E-state index contributed by atoms with van der Waals surface area (Å²) in [5.74, 6) is -0.652. The Bertz CT molecular complexity index is 1030. The van der Waals surface area contributed by atoms with Crippen molar-refractivity contribution >= 4 is 41.0 Å². The van der Waals surface area contributed by atoms with E-state index in [9.17, 15) is 14.4 Å². The molecule has 1 saturated heterocycles. The third kappa shape index (κ3) is 4.74. The number of imide groups is 1. The number of carbonyl (C=O) groups is 3. The molecule has 2 aliphatic rings. The molecule has 9 heteroatoms. The summed E-state index contributed by atoms with van der Waals surface area (Å²) >= 11 is 12.2. The highest BCUT2D eigenvalue weighted by atomic mass is 35.5. The Labute approximate surface area is 196 Å². The lowest BCUT2D eigenvalue weighted by Gasteiger charge is -2.30. The summed E-state index contributed by atoms with van der Waals surface area (Å²) in [6, 6.07) is 10.1. The highest BCUT2D eigenvalue weighted by Crippen LogP contribution is 2.33. The Morgan fingerprint density at radius 2 is 1.84 bits per heavy atom. The largest absolute Gasteiger partial charge is 0.331 e. The summed E-state index contributed by atoms with van der Waals surface area (Å²) in [5, 5.41) is 3.67. The van der Waals surface area contributed by atoms with Gasteiger partial charge in [0, 0.05) is 12.7 Å². The van der Waals surface area contributed by atoms with Gasteiger partial charge in [0.25, 0.3) is 5.91 Å². The number of benzene rings is 1. The van der Waals surface area contributed by atoms with Gasteiger partial charge in [-0.25, -0.2) is 4.79 Å². The van der Waals surface area contributed by atoms with E-state index < -0.39 is 11.6 Å². The van der Waals surface area contributed by atoms with Gasteiger partial charge in [0.1, 0.15) is 12.1 Å². The predicted octanol–water partition coefficient (Wildman–Crippen LogP) is 4.17. The Kier molecular flexibility index (Phi) is 6.67. The van der Waals surface area contributed by atoms with Crippen LogP contribution < -0.4 is 5.32 Å². The molecule has 0 atom stereocenters. The zero-order chi connectivity index (χ0) is 22.7. The van der Waals surface area contributed by atoms with Crippen molar-refractivity contribution in [3.05, 3.63) is 63.9 Å². The first kappa shape index (κ1) is 22.6. The van der Waals surface area contributed by atoms with Crippen molar-refractivity contribution in [2.45, 2.75) is 50.7 Å². The fourth-order valence-corrected chi connectivity index (χ4v) is 4.65.